The molecule has 4 nitrogen and oxygen atoms in total. The van der Waals surface area contributed by atoms with E-state index in [9.17, 15) is 0 Å². The van der Waals surface area contributed by atoms with E-state index in [1.165, 1.54) is 19.4 Å². The monoisotopic (exact) mass is 262 g/mol. The second-order valence-electron chi connectivity index (χ2n) is 6.43. The van der Waals surface area contributed by atoms with Gasteiger partial charge in [-0.15, -0.1) is 0 Å². The zero-order valence-electron chi connectivity index (χ0n) is 12.1. The first-order valence-corrected chi connectivity index (χ1v) is 7.69. The fraction of sp³-hybridized carbons (Fsp3) is 0.800. The summed E-state index contributed by atoms with van der Waals surface area (Å²) in [6, 6.07) is 3.41. The smallest absolute Gasteiger partial charge is 0.0536 e. The molecule has 1 N–H and O–H groups in total. The minimum absolute atomic E-state index is 0.672. The van der Waals surface area contributed by atoms with Crippen LogP contribution in [0, 0.1) is 11.8 Å². The van der Waals surface area contributed by atoms with Crippen LogP contribution >= 0.6 is 0 Å². The lowest BCUT2D eigenvalue weighted by Gasteiger charge is -2.42. The summed E-state index contributed by atoms with van der Waals surface area (Å²) in [6.07, 6.45) is 6.78. The molecule has 1 aromatic heterocycles. The molecule has 0 aromatic carbocycles. The molecule has 2 fully saturated rings. The van der Waals surface area contributed by atoms with E-state index in [2.05, 4.69) is 35.4 Å². The number of rotatable bonds is 5. The van der Waals surface area contributed by atoms with E-state index in [4.69, 9.17) is 0 Å². The van der Waals surface area contributed by atoms with Crippen LogP contribution in [0.5, 0.6) is 0 Å². The quantitative estimate of drug-likeness (QED) is 0.875. The Bertz CT molecular complexity index is 383. The van der Waals surface area contributed by atoms with Crippen LogP contribution in [0.3, 0.4) is 0 Å². The predicted octanol–water partition coefficient (Wildman–Crippen LogP) is 1.59. The first-order valence-electron chi connectivity index (χ1n) is 7.69. The largest absolute Gasteiger partial charge is 0.311 e. The van der Waals surface area contributed by atoms with E-state index in [1.54, 1.807) is 0 Å². The van der Waals surface area contributed by atoms with Gasteiger partial charge >= 0.3 is 0 Å². The van der Waals surface area contributed by atoms with Gasteiger partial charge in [0, 0.05) is 44.1 Å². The molecule has 1 aliphatic heterocycles. The molecule has 0 amide bonds. The molecule has 1 saturated carbocycles. The standard InChI is InChI=1S/C15H26N4/c1-12(2)15-10-16-14(13-4-5-13)11-18(15)8-9-19-7-3-6-17-19/h3,6-7,12-16H,4-5,8-11H2,1-2H3. The zero-order valence-corrected chi connectivity index (χ0v) is 12.1. The van der Waals surface area contributed by atoms with Gasteiger partial charge in [-0.25, -0.2) is 0 Å². The highest BCUT2D eigenvalue weighted by atomic mass is 15.3. The number of hydrogen-bond donors (Lipinski definition) is 1. The summed E-state index contributed by atoms with van der Waals surface area (Å²) >= 11 is 0. The number of hydrogen-bond acceptors (Lipinski definition) is 3. The molecule has 0 spiro atoms. The van der Waals surface area contributed by atoms with Crippen molar-refractivity contribution in [3.63, 3.8) is 0 Å². The maximum absolute atomic E-state index is 4.31. The van der Waals surface area contributed by atoms with E-state index < -0.39 is 0 Å². The van der Waals surface area contributed by atoms with Crippen molar-refractivity contribution in [3.8, 4) is 0 Å². The molecule has 2 heterocycles. The third kappa shape index (κ3) is 3.18. The van der Waals surface area contributed by atoms with E-state index in [1.807, 2.05) is 16.9 Å². The number of aromatic nitrogens is 2. The van der Waals surface area contributed by atoms with Crippen molar-refractivity contribution in [1.82, 2.24) is 20.0 Å². The van der Waals surface area contributed by atoms with Crippen LogP contribution in [0.2, 0.25) is 0 Å². The summed E-state index contributed by atoms with van der Waals surface area (Å²) in [4.78, 5) is 2.69. The van der Waals surface area contributed by atoms with Gasteiger partial charge in [-0.05, 0) is 30.7 Å². The molecule has 3 rings (SSSR count). The van der Waals surface area contributed by atoms with Gasteiger partial charge in [-0.3, -0.25) is 9.58 Å². The Morgan fingerprint density at radius 2 is 2.16 bits per heavy atom. The van der Waals surface area contributed by atoms with Crippen molar-refractivity contribution in [2.24, 2.45) is 11.8 Å². The Labute approximate surface area is 116 Å². The minimum Gasteiger partial charge on any atom is -0.311 e. The van der Waals surface area contributed by atoms with Gasteiger partial charge < -0.3 is 5.32 Å². The normalized spacial score (nSPS) is 29.0. The van der Waals surface area contributed by atoms with Gasteiger partial charge in [0.1, 0.15) is 0 Å². The van der Waals surface area contributed by atoms with Crippen molar-refractivity contribution < 1.29 is 0 Å². The molecule has 106 valence electrons. The molecule has 0 radical (unpaired) electrons. The van der Waals surface area contributed by atoms with Crippen LogP contribution in [-0.4, -0.2) is 46.4 Å². The fourth-order valence-electron chi connectivity index (χ4n) is 3.25. The maximum atomic E-state index is 4.31. The number of nitrogens with zero attached hydrogens (tertiary/aromatic N) is 3. The molecular formula is C15H26N4. The van der Waals surface area contributed by atoms with E-state index >= 15 is 0 Å². The van der Waals surface area contributed by atoms with E-state index in [0.717, 1.165) is 31.6 Å². The van der Waals surface area contributed by atoms with Crippen LogP contribution < -0.4 is 5.32 Å². The van der Waals surface area contributed by atoms with Crippen molar-refractivity contribution in [3.05, 3.63) is 18.5 Å². The van der Waals surface area contributed by atoms with Crippen molar-refractivity contribution in [2.45, 2.75) is 45.3 Å². The Hall–Kier alpha value is -0.870. The van der Waals surface area contributed by atoms with Crippen LogP contribution in [-0.2, 0) is 6.54 Å². The van der Waals surface area contributed by atoms with Gasteiger partial charge in [0.05, 0.1) is 6.54 Å². The lowest BCUT2D eigenvalue weighted by molar-refractivity contribution is 0.0876. The third-order valence-corrected chi connectivity index (χ3v) is 4.63. The molecule has 19 heavy (non-hydrogen) atoms. The first kappa shape index (κ1) is 13.1. The average molecular weight is 262 g/mol. The Morgan fingerprint density at radius 3 is 2.79 bits per heavy atom. The lowest BCUT2D eigenvalue weighted by Crippen LogP contribution is -2.59. The summed E-state index contributed by atoms with van der Waals surface area (Å²) in [7, 11) is 0. The van der Waals surface area contributed by atoms with Crippen molar-refractivity contribution in [2.75, 3.05) is 19.6 Å². The molecule has 4 heteroatoms. The fourth-order valence-corrected chi connectivity index (χ4v) is 3.25. The second-order valence-corrected chi connectivity index (χ2v) is 6.43. The summed E-state index contributed by atoms with van der Waals surface area (Å²) in [5.41, 5.74) is 0. The van der Waals surface area contributed by atoms with Gasteiger partial charge in [0.25, 0.3) is 0 Å². The van der Waals surface area contributed by atoms with Crippen LogP contribution in [0.25, 0.3) is 0 Å². The van der Waals surface area contributed by atoms with Crippen molar-refractivity contribution >= 4 is 0 Å². The summed E-state index contributed by atoms with van der Waals surface area (Å²) in [5.74, 6) is 1.66. The predicted molar refractivity (Wildman–Crippen MR) is 76.9 cm³/mol. The SMILES string of the molecule is CC(C)C1CNC(C2CC2)CN1CCn1cccn1. The van der Waals surface area contributed by atoms with Crippen LogP contribution in [0.4, 0.5) is 0 Å². The highest BCUT2D eigenvalue weighted by Crippen LogP contribution is 2.34. The lowest BCUT2D eigenvalue weighted by atomic mass is 9.97. The highest BCUT2D eigenvalue weighted by molar-refractivity contribution is 4.95. The maximum Gasteiger partial charge on any atom is 0.0536 e. The summed E-state index contributed by atoms with van der Waals surface area (Å²) < 4.78 is 2.05. The number of piperazine rings is 1. The van der Waals surface area contributed by atoms with Crippen LogP contribution in [0.15, 0.2) is 18.5 Å². The van der Waals surface area contributed by atoms with E-state index in [-0.39, 0.29) is 0 Å². The van der Waals surface area contributed by atoms with Crippen molar-refractivity contribution in [1.29, 1.82) is 0 Å². The molecule has 2 aliphatic rings. The Balaban J connectivity index is 1.59. The molecule has 0 bridgehead atoms. The second kappa shape index (κ2) is 5.63. The zero-order chi connectivity index (χ0) is 13.2. The molecule has 1 aliphatic carbocycles. The Kier molecular flexibility index (Phi) is 3.89. The molecular weight excluding hydrogens is 236 g/mol. The van der Waals surface area contributed by atoms with Gasteiger partial charge in [0.15, 0.2) is 0 Å². The van der Waals surface area contributed by atoms with Gasteiger partial charge in [-0.1, -0.05) is 13.8 Å². The molecule has 2 unspecified atom stereocenters. The molecule has 1 aromatic rings. The third-order valence-electron chi connectivity index (χ3n) is 4.63. The highest BCUT2D eigenvalue weighted by Gasteiger charge is 2.37. The van der Waals surface area contributed by atoms with Crippen LogP contribution in [0.1, 0.15) is 26.7 Å². The summed E-state index contributed by atoms with van der Waals surface area (Å²) in [5, 5.41) is 8.08. The number of nitrogens with one attached hydrogen (secondary N) is 1. The van der Waals surface area contributed by atoms with E-state index in [0.29, 0.717) is 12.0 Å². The summed E-state index contributed by atoms with van der Waals surface area (Å²) in [6.45, 7) is 9.17. The minimum atomic E-state index is 0.672. The first-order chi connectivity index (χ1) is 9.24. The molecule has 2 atom stereocenters. The molecule has 1 saturated heterocycles. The van der Waals surface area contributed by atoms with Gasteiger partial charge in [0.2, 0.25) is 0 Å². The Morgan fingerprint density at radius 1 is 1.32 bits per heavy atom. The van der Waals surface area contributed by atoms with Gasteiger partial charge in [-0.2, -0.15) is 5.10 Å². The topological polar surface area (TPSA) is 33.1 Å². The average Bonchev–Trinajstić information content (AvgIpc) is 3.13.